The molecular weight excluding hydrogens is 376 g/mol. The Bertz CT molecular complexity index is 529. The largest absolute Gasteiger partial charge is 0.480 e. The van der Waals surface area contributed by atoms with E-state index < -0.39 is 47.9 Å². The molecule has 0 aliphatic heterocycles. The topological polar surface area (TPSA) is 171 Å². The number of carbonyl (C=O) groups excluding carboxylic acids is 3. The zero-order valence-electron chi connectivity index (χ0n) is 16.0. The summed E-state index contributed by atoms with van der Waals surface area (Å²) >= 11 is 1.45. The molecule has 156 valence electrons. The maximum Gasteiger partial charge on any atom is 0.328 e. The summed E-state index contributed by atoms with van der Waals surface area (Å²) in [5.41, 5.74) is 5.26. The van der Waals surface area contributed by atoms with E-state index in [0.717, 1.165) is 0 Å². The van der Waals surface area contributed by atoms with E-state index >= 15 is 0 Å². The number of nitrogens with two attached hydrogens (primary N) is 1. The molecular formula is C16H30N4O6S. The lowest BCUT2D eigenvalue weighted by molar-refractivity contribution is -0.145. The van der Waals surface area contributed by atoms with E-state index in [1.54, 1.807) is 13.8 Å². The number of rotatable bonds is 12. The van der Waals surface area contributed by atoms with Gasteiger partial charge >= 0.3 is 5.97 Å². The van der Waals surface area contributed by atoms with Gasteiger partial charge in [0, 0.05) is 0 Å². The fraction of sp³-hybridized carbons (Fsp3) is 0.750. The number of nitrogens with one attached hydrogen (secondary N) is 3. The Labute approximate surface area is 163 Å². The highest BCUT2D eigenvalue weighted by Gasteiger charge is 2.31. The third kappa shape index (κ3) is 9.07. The number of aliphatic hydroxyl groups excluding tert-OH is 1. The smallest absolute Gasteiger partial charge is 0.328 e. The van der Waals surface area contributed by atoms with Gasteiger partial charge in [-0.05, 0) is 31.3 Å². The molecule has 11 heteroatoms. The molecule has 4 atom stereocenters. The number of hydrogen-bond donors (Lipinski definition) is 6. The van der Waals surface area contributed by atoms with Crippen molar-refractivity contribution in [1.82, 2.24) is 16.0 Å². The van der Waals surface area contributed by atoms with Crippen LogP contribution in [0.4, 0.5) is 0 Å². The number of amides is 3. The minimum Gasteiger partial charge on any atom is -0.480 e. The van der Waals surface area contributed by atoms with Crippen LogP contribution in [-0.4, -0.2) is 76.7 Å². The molecule has 0 aromatic heterocycles. The van der Waals surface area contributed by atoms with Gasteiger partial charge < -0.3 is 31.9 Å². The maximum atomic E-state index is 12.5. The second kappa shape index (κ2) is 12.5. The Hall–Kier alpha value is -1.85. The third-order valence-electron chi connectivity index (χ3n) is 3.74. The van der Waals surface area contributed by atoms with Gasteiger partial charge in [-0.3, -0.25) is 14.4 Å². The molecule has 0 aromatic rings. The molecule has 0 rings (SSSR count). The lowest BCUT2D eigenvalue weighted by Gasteiger charge is -2.26. The van der Waals surface area contributed by atoms with Crippen molar-refractivity contribution in [2.75, 3.05) is 18.6 Å². The fourth-order valence-corrected chi connectivity index (χ4v) is 2.65. The zero-order chi connectivity index (χ0) is 21.1. The second-order valence-electron chi connectivity index (χ2n) is 6.40. The highest BCUT2D eigenvalue weighted by molar-refractivity contribution is 7.98. The Balaban J connectivity index is 5.26. The van der Waals surface area contributed by atoms with Crippen molar-refractivity contribution < 1.29 is 29.4 Å². The minimum atomic E-state index is -1.50. The van der Waals surface area contributed by atoms with Crippen molar-refractivity contribution in [3.05, 3.63) is 0 Å². The first-order valence-corrected chi connectivity index (χ1v) is 9.94. The average molecular weight is 407 g/mol. The van der Waals surface area contributed by atoms with Crippen LogP contribution in [0.1, 0.15) is 27.2 Å². The molecule has 10 nitrogen and oxygen atoms in total. The first kappa shape index (κ1) is 25.1. The number of carbonyl (C=O) groups is 4. The molecule has 0 fully saturated rings. The van der Waals surface area contributed by atoms with Gasteiger partial charge in [-0.2, -0.15) is 11.8 Å². The van der Waals surface area contributed by atoms with Crippen molar-refractivity contribution >= 4 is 35.5 Å². The predicted octanol–water partition coefficient (Wildman–Crippen LogP) is -1.73. The third-order valence-corrected chi connectivity index (χ3v) is 4.38. The van der Waals surface area contributed by atoms with Gasteiger partial charge in [0.25, 0.3) is 0 Å². The van der Waals surface area contributed by atoms with E-state index in [1.165, 1.54) is 18.7 Å². The van der Waals surface area contributed by atoms with Crippen LogP contribution in [0.3, 0.4) is 0 Å². The number of carboxylic acids is 1. The van der Waals surface area contributed by atoms with Crippen LogP contribution in [-0.2, 0) is 19.2 Å². The maximum absolute atomic E-state index is 12.5. The molecule has 0 spiro atoms. The highest BCUT2D eigenvalue weighted by Crippen LogP contribution is 2.06. The van der Waals surface area contributed by atoms with Crippen LogP contribution < -0.4 is 21.7 Å². The summed E-state index contributed by atoms with van der Waals surface area (Å²) in [4.78, 5) is 47.7. The van der Waals surface area contributed by atoms with E-state index in [0.29, 0.717) is 5.75 Å². The minimum absolute atomic E-state index is 0.251. The number of thioether (sulfide) groups is 1. The molecule has 7 N–H and O–H groups in total. The quantitative estimate of drug-likeness (QED) is 0.222. The Morgan fingerprint density at radius 2 is 1.59 bits per heavy atom. The van der Waals surface area contributed by atoms with E-state index in [2.05, 4.69) is 16.0 Å². The average Bonchev–Trinajstić information content (AvgIpc) is 2.59. The molecule has 4 unspecified atom stereocenters. The van der Waals surface area contributed by atoms with E-state index in [1.807, 2.05) is 6.26 Å². The molecule has 0 saturated carbocycles. The summed E-state index contributed by atoms with van der Waals surface area (Å²) in [6.07, 6.45) is 0.765. The second-order valence-corrected chi connectivity index (χ2v) is 7.39. The number of carboxylic acid groups (broad SMARTS) is 1. The molecule has 0 aromatic carbocycles. The van der Waals surface area contributed by atoms with Crippen LogP contribution in [0.25, 0.3) is 0 Å². The molecule has 0 saturated heterocycles. The summed E-state index contributed by atoms with van der Waals surface area (Å²) < 4.78 is 0. The normalized spacial score (nSPS) is 15.4. The molecule has 0 aliphatic rings. The first-order chi connectivity index (χ1) is 12.5. The number of hydrogen-bond acceptors (Lipinski definition) is 7. The first-order valence-electron chi connectivity index (χ1n) is 8.55. The highest BCUT2D eigenvalue weighted by atomic mass is 32.2. The van der Waals surface area contributed by atoms with Crippen LogP contribution in [0.15, 0.2) is 0 Å². The van der Waals surface area contributed by atoms with Gasteiger partial charge in [0.2, 0.25) is 17.7 Å². The van der Waals surface area contributed by atoms with Gasteiger partial charge in [0.1, 0.15) is 12.1 Å². The lowest BCUT2D eigenvalue weighted by Crippen LogP contribution is -2.58. The van der Waals surface area contributed by atoms with Gasteiger partial charge in [0.15, 0.2) is 6.04 Å². The number of aliphatic carboxylic acids is 1. The Morgan fingerprint density at radius 3 is 2.00 bits per heavy atom. The van der Waals surface area contributed by atoms with E-state index in [4.69, 9.17) is 10.8 Å². The van der Waals surface area contributed by atoms with E-state index in [-0.39, 0.29) is 18.9 Å². The fourth-order valence-electron chi connectivity index (χ4n) is 2.18. The standard InChI is InChI=1S/C16H30N4O6S/c1-8(2)12(19-11(22)7-17)15(24)18-10(5-6-27-4)14(23)20-13(9(3)21)16(25)26/h8-10,12-13,21H,5-7,17H2,1-4H3,(H,18,24)(H,19,22)(H,20,23)(H,25,26). The zero-order valence-corrected chi connectivity index (χ0v) is 16.8. The molecule has 0 aliphatic carbocycles. The Morgan fingerprint density at radius 1 is 1.00 bits per heavy atom. The van der Waals surface area contributed by atoms with Crippen molar-refractivity contribution in [2.24, 2.45) is 11.7 Å². The van der Waals surface area contributed by atoms with Gasteiger partial charge in [-0.25, -0.2) is 4.79 Å². The summed E-state index contributed by atoms with van der Waals surface area (Å²) in [5.74, 6) is -2.91. The summed E-state index contributed by atoms with van der Waals surface area (Å²) in [6, 6.07) is -3.40. The van der Waals surface area contributed by atoms with Crippen molar-refractivity contribution in [3.8, 4) is 0 Å². The lowest BCUT2D eigenvalue weighted by atomic mass is 10.0. The van der Waals surface area contributed by atoms with Crippen molar-refractivity contribution in [3.63, 3.8) is 0 Å². The molecule has 0 bridgehead atoms. The molecule has 0 radical (unpaired) electrons. The van der Waals surface area contributed by atoms with Crippen molar-refractivity contribution in [1.29, 1.82) is 0 Å². The monoisotopic (exact) mass is 406 g/mol. The van der Waals surface area contributed by atoms with Crippen LogP contribution in [0, 0.1) is 5.92 Å². The number of aliphatic hydroxyl groups is 1. The predicted molar refractivity (Wildman–Crippen MR) is 102 cm³/mol. The molecule has 27 heavy (non-hydrogen) atoms. The van der Waals surface area contributed by atoms with Crippen molar-refractivity contribution in [2.45, 2.75) is 51.4 Å². The SMILES string of the molecule is CSCCC(NC(=O)C(NC(=O)CN)C(C)C)C(=O)NC(C(=O)O)C(C)O. The summed E-state index contributed by atoms with van der Waals surface area (Å²) in [7, 11) is 0. The Kier molecular flexibility index (Phi) is 11.7. The molecule has 0 heterocycles. The van der Waals surface area contributed by atoms with E-state index in [9.17, 15) is 24.3 Å². The molecule has 3 amide bonds. The van der Waals surface area contributed by atoms with Crippen LogP contribution in [0.5, 0.6) is 0 Å². The van der Waals surface area contributed by atoms with Gasteiger partial charge in [0.05, 0.1) is 12.6 Å². The summed E-state index contributed by atoms with van der Waals surface area (Å²) in [6.45, 7) is 4.42. The van der Waals surface area contributed by atoms with Crippen LogP contribution >= 0.6 is 11.8 Å². The summed E-state index contributed by atoms with van der Waals surface area (Å²) in [5, 5.41) is 25.9. The van der Waals surface area contributed by atoms with Crippen LogP contribution in [0.2, 0.25) is 0 Å². The van der Waals surface area contributed by atoms with Gasteiger partial charge in [-0.15, -0.1) is 0 Å². The van der Waals surface area contributed by atoms with Gasteiger partial charge in [-0.1, -0.05) is 13.8 Å².